The van der Waals surface area contributed by atoms with E-state index in [1.54, 1.807) is 11.3 Å². The summed E-state index contributed by atoms with van der Waals surface area (Å²) in [5.41, 5.74) is 2.29. The van der Waals surface area contributed by atoms with Crippen molar-refractivity contribution in [3.8, 4) is 0 Å². The molecule has 0 saturated carbocycles. The average molecular weight is 400 g/mol. The van der Waals surface area contributed by atoms with E-state index in [1.807, 2.05) is 23.3 Å². The third kappa shape index (κ3) is 4.10. The molecule has 142 valence electrons. The summed E-state index contributed by atoms with van der Waals surface area (Å²) in [6.45, 7) is 7.13. The molecular formula is C20H25N5S2. The van der Waals surface area contributed by atoms with Crippen LogP contribution in [0.1, 0.15) is 29.4 Å². The molecule has 7 heteroatoms. The fourth-order valence-electron chi connectivity index (χ4n) is 3.35. The number of aryl methyl sites for hydroxylation is 1. The van der Waals surface area contributed by atoms with Crippen molar-refractivity contribution < 1.29 is 0 Å². The summed E-state index contributed by atoms with van der Waals surface area (Å²) in [4.78, 5) is 19.0. The van der Waals surface area contributed by atoms with Crippen LogP contribution >= 0.6 is 23.1 Å². The van der Waals surface area contributed by atoms with E-state index < -0.39 is 0 Å². The molecule has 1 aliphatic rings. The van der Waals surface area contributed by atoms with Gasteiger partial charge in [-0.1, -0.05) is 11.6 Å². The predicted octanol–water partition coefficient (Wildman–Crippen LogP) is 4.14. The third-order valence-corrected chi connectivity index (χ3v) is 6.94. The first-order valence-electron chi connectivity index (χ1n) is 9.31. The zero-order valence-electron chi connectivity index (χ0n) is 16.1. The van der Waals surface area contributed by atoms with Crippen molar-refractivity contribution in [2.75, 3.05) is 36.5 Å². The molecule has 2 aromatic heterocycles. The molecular weight excluding hydrogens is 374 g/mol. The van der Waals surface area contributed by atoms with Gasteiger partial charge >= 0.3 is 0 Å². The minimum atomic E-state index is 0.247. The summed E-state index contributed by atoms with van der Waals surface area (Å²) in [6.07, 6.45) is 1.87. The number of thioether (sulfide) groups is 1. The number of aromatic nitrogens is 3. The van der Waals surface area contributed by atoms with E-state index in [-0.39, 0.29) is 6.04 Å². The molecule has 0 bridgehead atoms. The molecule has 1 fully saturated rings. The van der Waals surface area contributed by atoms with E-state index in [0.717, 1.165) is 46.8 Å². The second-order valence-electron chi connectivity index (χ2n) is 7.04. The van der Waals surface area contributed by atoms with Crippen LogP contribution in [-0.4, -0.2) is 51.5 Å². The van der Waals surface area contributed by atoms with Crippen molar-refractivity contribution in [2.24, 2.45) is 0 Å². The summed E-state index contributed by atoms with van der Waals surface area (Å²) >= 11 is 3.72. The molecule has 1 saturated heterocycles. The van der Waals surface area contributed by atoms with Gasteiger partial charge in [0.2, 0.25) is 0 Å². The summed E-state index contributed by atoms with van der Waals surface area (Å²) < 4.78 is 0. The van der Waals surface area contributed by atoms with Crippen LogP contribution in [0.25, 0.3) is 10.9 Å². The Balaban J connectivity index is 1.67. The molecule has 3 heterocycles. The molecule has 0 amide bonds. The number of hydrogen-bond acceptors (Lipinski definition) is 7. The zero-order valence-corrected chi connectivity index (χ0v) is 17.7. The molecule has 0 N–H and O–H groups in total. The number of hydrogen-bond donors (Lipinski definition) is 0. The van der Waals surface area contributed by atoms with Crippen molar-refractivity contribution >= 4 is 39.8 Å². The van der Waals surface area contributed by atoms with E-state index in [0.29, 0.717) is 6.54 Å². The molecule has 1 unspecified atom stereocenters. The van der Waals surface area contributed by atoms with Gasteiger partial charge in [-0.05, 0) is 33.0 Å². The van der Waals surface area contributed by atoms with Gasteiger partial charge in [-0.2, -0.15) is 11.8 Å². The van der Waals surface area contributed by atoms with E-state index in [1.165, 1.54) is 10.9 Å². The van der Waals surface area contributed by atoms with Gasteiger partial charge < -0.3 is 4.90 Å². The smallest absolute Gasteiger partial charge is 0.145 e. The Morgan fingerprint density at radius 1 is 1.22 bits per heavy atom. The number of rotatable bonds is 5. The van der Waals surface area contributed by atoms with Gasteiger partial charge in [-0.15, -0.1) is 11.3 Å². The van der Waals surface area contributed by atoms with Crippen LogP contribution in [0.15, 0.2) is 29.8 Å². The highest BCUT2D eigenvalue weighted by Crippen LogP contribution is 2.28. The molecule has 5 nitrogen and oxygen atoms in total. The monoisotopic (exact) mass is 399 g/mol. The molecule has 4 rings (SSSR count). The van der Waals surface area contributed by atoms with Crippen LogP contribution in [0.5, 0.6) is 0 Å². The lowest BCUT2D eigenvalue weighted by atomic mass is 10.1. The normalized spacial score (nSPS) is 16.2. The maximum Gasteiger partial charge on any atom is 0.145 e. The minimum Gasteiger partial charge on any atom is -0.354 e. The lowest BCUT2D eigenvalue weighted by Gasteiger charge is -2.29. The minimum absolute atomic E-state index is 0.247. The lowest BCUT2D eigenvalue weighted by molar-refractivity contribution is 0.246. The Hall–Kier alpha value is -1.70. The van der Waals surface area contributed by atoms with Crippen molar-refractivity contribution in [1.82, 2.24) is 19.9 Å². The highest BCUT2D eigenvalue weighted by molar-refractivity contribution is 7.99. The van der Waals surface area contributed by atoms with Crippen molar-refractivity contribution in [1.29, 1.82) is 0 Å². The Morgan fingerprint density at radius 2 is 2.04 bits per heavy atom. The van der Waals surface area contributed by atoms with Gasteiger partial charge in [0, 0.05) is 41.6 Å². The first kappa shape index (κ1) is 18.7. The van der Waals surface area contributed by atoms with Crippen LogP contribution < -0.4 is 4.90 Å². The van der Waals surface area contributed by atoms with Crippen LogP contribution in [-0.2, 0) is 6.54 Å². The van der Waals surface area contributed by atoms with Gasteiger partial charge in [-0.25, -0.2) is 15.0 Å². The van der Waals surface area contributed by atoms with Gasteiger partial charge in [0.1, 0.15) is 16.6 Å². The van der Waals surface area contributed by atoms with Crippen LogP contribution in [0, 0.1) is 6.92 Å². The second-order valence-corrected chi connectivity index (χ2v) is 9.20. The maximum absolute atomic E-state index is 5.02. The van der Waals surface area contributed by atoms with E-state index in [2.05, 4.69) is 53.9 Å². The molecule has 1 atom stereocenters. The topological polar surface area (TPSA) is 45.2 Å². The fourth-order valence-corrected chi connectivity index (χ4v) is 5.01. The SMILES string of the molecule is Cc1ccc2nc(CN(C)C(C)c3nccs3)nc(N3CCSCC3)c2c1. The molecule has 27 heavy (non-hydrogen) atoms. The fraction of sp³-hybridized carbons (Fsp3) is 0.450. The number of fused-ring (bicyclic) bond motifs is 1. The van der Waals surface area contributed by atoms with Crippen molar-refractivity contribution in [3.63, 3.8) is 0 Å². The molecule has 0 aliphatic carbocycles. The molecule has 3 aromatic rings. The molecule has 0 radical (unpaired) electrons. The summed E-state index contributed by atoms with van der Waals surface area (Å²) in [5, 5.41) is 4.32. The molecule has 0 spiro atoms. The highest BCUT2D eigenvalue weighted by atomic mass is 32.2. The Labute approximate surface area is 168 Å². The van der Waals surface area contributed by atoms with Crippen molar-refractivity contribution in [3.05, 3.63) is 46.2 Å². The summed E-state index contributed by atoms with van der Waals surface area (Å²) in [5.74, 6) is 4.29. The first-order valence-corrected chi connectivity index (χ1v) is 11.3. The highest BCUT2D eigenvalue weighted by Gasteiger charge is 2.20. The van der Waals surface area contributed by atoms with Gasteiger partial charge in [-0.3, -0.25) is 4.90 Å². The predicted molar refractivity (Wildman–Crippen MR) is 116 cm³/mol. The van der Waals surface area contributed by atoms with Gasteiger partial charge in [0.25, 0.3) is 0 Å². The van der Waals surface area contributed by atoms with Crippen molar-refractivity contribution in [2.45, 2.75) is 26.4 Å². The number of nitrogens with zero attached hydrogens (tertiary/aromatic N) is 5. The van der Waals surface area contributed by atoms with E-state index in [4.69, 9.17) is 9.97 Å². The number of benzene rings is 1. The summed E-state index contributed by atoms with van der Waals surface area (Å²) in [6, 6.07) is 6.73. The van der Waals surface area contributed by atoms with Crippen LogP contribution in [0.2, 0.25) is 0 Å². The van der Waals surface area contributed by atoms with E-state index >= 15 is 0 Å². The molecule has 1 aliphatic heterocycles. The molecule has 1 aromatic carbocycles. The van der Waals surface area contributed by atoms with E-state index in [9.17, 15) is 0 Å². The Morgan fingerprint density at radius 3 is 2.78 bits per heavy atom. The third-order valence-electron chi connectivity index (χ3n) is 5.05. The lowest BCUT2D eigenvalue weighted by Crippen LogP contribution is -2.34. The number of thiazole rings is 1. The Kier molecular flexibility index (Phi) is 5.61. The summed E-state index contributed by atoms with van der Waals surface area (Å²) in [7, 11) is 2.12. The first-order chi connectivity index (χ1) is 13.1. The van der Waals surface area contributed by atoms with Crippen LogP contribution in [0.3, 0.4) is 0 Å². The van der Waals surface area contributed by atoms with Gasteiger partial charge in [0.15, 0.2) is 0 Å². The number of anilines is 1. The van der Waals surface area contributed by atoms with Crippen LogP contribution in [0.4, 0.5) is 5.82 Å². The largest absolute Gasteiger partial charge is 0.354 e. The average Bonchev–Trinajstić information content (AvgIpc) is 3.22. The quantitative estimate of drug-likeness (QED) is 0.642. The Bertz CT molecular complexity index is 906. The second kappa shape index (κ2) is 8.12. The van der Waals surface area contributed by atoms with Gasteiger partial charge in [0.05, 0.1) is 18.1 Å². The standard InChI is InChI=1S/C20H25N5S2/c1-14-4-5-17-16(12-14)19(25-7-10-26-11-8-25)23-18(22-17)13-24(3)15(2)20-21-6-9-27-20/h4-6,9,12,15H,7-8,10-11,13H2,1-3H3. The zero-order chi connectivity index (χ0) is 18.8. The maximum atomic E-state index is 5.02.